The summed E-state index contributed by atoms with van der Waals surface area (Å²) in [5, 5.41) is 8.67. The zero-order chi connectivity index (χ0) is 13.1. The van der Waals surface area contributed by atoms with Crippen molar-refractivity contribution in [1.29, 1.82) is 0 Å². The number of likely N-dealkylation sites (N-methyl/N-ethyl adjacent to an activating group) is 1. The van der Waals surface area contributed by atoms with Crippen LogP contribution in [0, 0.1) is 0 Å². The van der Waals surface area contributed by atoms with Crippen molar-refractivity contribution in [3.8, 4) is 0 Å². The summed E-state index contributed by atoms with van der Waals surface area (Å²) in [5.74, 6) is -0.463. The number of fused-ring (bicyclic) bond motifs is 1. The number of hydrogen-bond acceptors (Lipinski definition) is 3. The van der Waals surface area contributed by atoms with E-state index in [0.29, 0.717) is 11.6 Å². The molecule has 0 unspecified atom stereocenters. The van der Waals surface area contributed by atoms with Crippen molar-refractivity contribution in [3.63, 3.8) is 0 Å². The van der Waals surface area contributed by atoms with Gasteiger partial charge in [0.15, 0.2) is 0 Å². The highest BCUT2D eigenvalue weighted by Crippen LogP contribution is 2.35. The van der Waals surface area contributed by atoms with E-state index in [9.17, 15) is 4.79 Å². The van der Waals surface area contributed by atoms with Crippen LogP contribution in [0.5, 0.6) is 0 Å². The Hall–Kier alpha value is -1.65. The molecule has 1 aliphatic carbocycles. The van der Waals surface area contributed by atoms with Gasteiger partial charge in [-0.1, -0.05) is 12.1 Å². The maximum absolute atomic E-state index is 11.4. The third-order valence-electron chi connectivity index (χ3n) is 3.50. The van der Waals surface area contributed by atoms with E-state index < -0.39 is 5.91 Å². The molecule has 2 rings (SSSR count). The van der Waals surface area contributed by atoms with E-state index >= 15 is 0 Å². The SMILES string of the molecule is C=CCN(C)[C@@H]1CCc2ccc(C(=O)NO)cc21. The molecule has 0 heterocycles. The average molecular weight is 246 g/mol. The van der Waals surface area contributed by atoms with Gasteiger partial charge < -0.3 is 0 Å². The van der Waals surface area contributed by atoms with Crippen LogP contribution in [-0.2, 0) is 6.42 Å². The maximum atomic E-state index is 11.4. The van der Waals surface area contributed by atoms with Crippen molar-refractivity contribution >= 4 is 5.91 Å². The maximum Gasteiger partial charge on any atom is 0.274 e. The fourth-order valence-corrected chi connectivity index (χ4v) is 2.58. The molecule has 0 saturated carbocycles. The number of rotatable bonds is 4. The Labute approximate surface area is 107 Å². The molecule has 1 atom stereocenters. The van der Waals surface area contributed by atoms with Gasteiger partial charge in [-0.15, -0.1) is 6.58 Å². The number of nitrogens with one attached hydrogen (secondary N) is 1. The van der Waals surface area contributed by atoms with Crippen LogP contribution in [0.25, 0.3) is 0 Å². The first-order valence-electron chi connectivity index (χ1n) is 6.05. The Balaban J connectivity index is 2.30. The standard InChI is InChI=1S/C14H18N2O2/c1-3-8-16(2)13-7-6-10-4-5-11(9-12(10)13)14(17)15-18/h3-5,9,13,18H,1,6-8H2,2H3,(H,15,17)/t13-/m1/s1. The number of hydroxylamine groups is 1. The number of benzene rings is 1. The fourth-order valence-electron chi connectivity index (χ4n) is 2.58. The number of carbonyl (C=O) groups is 1. The highest BCUT2D eigenvalue weighted by atomic mass is 16.5. The van der Waals surface area contributed by atoms with Crippen LogP contribution in [0.4, 0.5) is 0 Å². The zero-order valence-corrected chi connectivity index (χ0v) is 10.5. The van der Waals surface area contributed by atoms with Gasteiger partial charge in [-0.25, -0.2) is 5.48 Å². The molecule has 4 heteroatoms. The lowest BCUT2D eigenvalue weighted by Gasteiger charge is -2.23. The monoisotopic (exact) mass is 246 g/mol. The van der Waals surface area contributed by atoms with Crippen LogP contribution >= 0.6 is 0 Å². The van der Waals surface area contributed by atoms with E-state index in [0.717, 1.165) is 19.4 Å². The second kappa shape index (κ2) is 5.33. The molecule has 1 aliphatic rings. The largest absolute Gasteiger partial charge is 0.296 e. The summed E-state index contributed by atoms with van der Waals surface area (Å²) in [6, 6.07) is 5.92. The summed E-state index contributed by atoms with van der Waals surface area (Å²) < 4.78 is 0. The molecule has 1 amide bonds. The normalized spacial score (nSPS) is 17.6. The van der Waals surface area contributed by atoms with Gasteiger partial charge in [-0.3, -0.25) is 14.9 Å². The fraction of sp³-hybridized carbons (Fsp3) is 0.357. The second-order valence-corrected chi connectivity index (χ2v) is 4.64. The van der Waals surface area contributed by atoms with Gasteiger partial charge in [0.2, 0.25) is 0 Å². The molecule has 96 valence electrons. The van der Waals surface area contributed by atoms with Gasteiger partial charge in [-0.2, -0.15) is 0 Å². The zero-order valence-electron chi connectivity index (χ0n) is 10.5. The van der Waals surface area contributed by atoms with E-state index in [2.05, 4.69) is 18.5 Å². The minimum absolute atomic E-state index is 0.324. The Morgan fingerprint density at radius 2 is 2.44 bits per heavy atom. The van der Waals surface area contributed by atoms with Crippen LogP contribution in [0.15, 0.2) is 30.9 Å². The van der Waals surface area contributed by atoms with E-state index in [1.807, 2.05) is 18.2 Å². The molecular weight excluding hydrogens is 228 g/mol. The number of nitrogens with zero attached hydrogens (tertiary/aromatic N) is 1. The molecule has 0 spiro atoms. The second-order valence-electron chi connectivity index (χ2n) is 4.64. The van der Waals surface area contributed by atoms with Crippen molar-refractivity contribution in [2.24, 2.45) is 0 Å². The van der Waals surface area contributed by atoms with E-state index in [-0.39, 0.29) is 0 Å². The van der Waals surface area contributed by atoms with Crippen molar-refractivity contribution in [3.05, 3.63) is 47.5 Å². The first-order chi connectivity index (χ1) is 8.67. The predicted molar refractivity (Wildman–Crippen MR) is 69.6 cm³/mol. The quantitative estimate of drug-likeness (QED) is 0.485. The van der Waals surface area contributed by atoms with Gasteiger partial charge in [-0.05, 0) is 43.1 Å². The molecule has 1 aromatic rings. The minimum atomic E-state index is -0.463. The van der Waals surface area contributed by atoms with Crippen molar-refractivity contribution in [2.45, 2.75) is 18.9 Å². The molecule has 0 aromatic heterocycles. The van der Waals surface area contributed by atoms with Gasteiger partial charge in [0.05, 0.1) is 0 Å². The summed E-state index contributed by atoms with van der Waals surface area (Å²) in [6.07, 6.45) is 3.97. The molecule has 4 nitrogen and oxygen atoms in total. The minimum Gasteiger partial charge on any atom is -0.296 e. The number of amides is 1. The van der Waals surface area contributed by atoms with Crippen molar-refractivity contribution in [2.75, 3.05) is 13.6 Å². The lowest BCUT2D eigenvalue weighted by Crippen LogP contribution is -2.23. The van der Waals surface area contributed by atoms with Crippen LogP contribution in [0.3, 0.4) is 0 Å². The third kappa shape index (κ3) is 2.30. The summed E-state index contributed by atoms with van der Waals surface area (Å²) in [7, 11) is 2.06. The number of carbonyl (C=O) groups excluding carboxylic acids is 1. The van der Waals surface area contributed by atoms with Crippen LogP contribution < -0.4 is 5.48 Å². The summed E-state index contributed by atoms with van der Waals surface area (Å²) in [4.78, 5) is 13.6. The molecule has 0 bridgehead atoms. The first-order valence-corrected chi connectivity index (χ1v) is 6.05. The molecule has 0 fully saturated rings. The molecule has 1 aromatic carbocycles. The molecule has 0 radical (unpaired) electrons. The van der Waals surface area contributed by atoms with Crippen molar-refractivity contribution < 1.29 is 10.0 Å². The highest BCUT2D eigenvalue weighted by Gasteiger charge is 2.26. The van der Waals surface area contributed by atoms with Crippen molar-refractivity contribution in [1.82, 2.24) is 10.4 Å². The van der Waals surface area contributed by atoms with E-state index in [1.54, 1.807) is 11.5 Å². The lowest BCUT2D eigenvalue weighted by atomic mass is 10.0. The topological polar surface area (TPSA) is 52.6 Å². The molecule has 2 N–H and O–H groups in total. The molecular formula is C14H18N2O2. The highest BCUT2D eigenvalue weighted by molar-refractivity contribution is 5.93. The summed E-state index contributed by atoms with van der Waals surface area (Å²) in [5.41, 5.74) is 4.63. The first kappa shape index (κ1) is 12.8. The van der Waals surface area contributed by atoms with Crippen LogP contribution in [0.2, 0.25) is 0 Å². The van der Waals surface area contributed by atoms with Crippen LogP contribution in [-0.4, -0.2) is 29.6 Å². The number of aryl methyl sites for hydroxylation is 1. The molecule has 18 heavy (non-hydrogen) atoms. The third-order valence-corrected chi connectivity index (χ3v) is 3.50. The smallest absolute Gasteiger partial charge is 0.274 e. The Morgan fingerprint density at radius 1 is 1.67 bits per heavy atom. The van der Waals surface area contributed by atoms with E-state index in [4.69, 9.17) is 5.21 Å². The average Bonchev–Trinajstić information content (AvgIpc) is 2.80. The molecule has 0 aliphatic heterocycles. The van der Waals surface area contributed by atoms with Gasteiger partial charge in [0.25, 0.3) is 5.91 Å². The predicted octanol–water partition coefficient (Wildman–Crippen LogP) is 1.91. The van der Waals surface area contributed by atoms with Gasteiger partial charge in [0, 0.05) is 18.2 Å². The van der Waals surface area contributed by atoms with Gasteiger partial charge >= 0.3 is 0 Å². The van der Waals surface area contributed by atoms with Gasteiger partial charge in [0.1, 0.15) is 0 Å². The number of hydrogen-bond donors (Lipinski definition) is 2. The van der Waals surface area contributed by atoms with E-state index in [1.165, 1.54) is 11.1 Å². The summed E-state index contributed by atoms with van der Waals surface area (Å²) >= 11 is 0. The van der Waals surface area contributed by atoms with Crippen LogP contribution in [0.1, 0.15) is 33.9 Å². The Bertz CT molecular complexity index is 471. The summed E-state index contributed by atoms with van der Waals surface area (Å²) in [6.45, 7) is 4.57. The Morgan fingerprint density at radius 3 is 3.11 bits per heavy atom. The molecule has 0 saturated heterocycles. The lowest BCUT2D eigenvalue weighted by molar-refractivity contribution is 0.0706. The Kier molecular flexibility index (Phi) is 3.79.